The Bertz CT molecular complexity index is 845. The highest BCUT2D eigenvalue weighted by Gasteiger charge is 2.16. The van der Waals surface area contributed by atoms with E-state index in [1.165, 1.54) is 37.4 Å². The molecule has 1 aromatic heterocycles. The molecule has 0 spiro atoms. The van der Waals surface area contributed by atoms with Gasteiger partial charge in [-0.1, -0.05) is 49.6 Å². The molecule has 1 aromatic carbocycles. The van der Waals surface area contributed by atoms with E-state index in [-0.39, 0.29) is 24.1 Å². The number of aromatic amines is 1. The Morgan fingerprint density at radius 2 is 2.00 bits per heavy atom. The van der Waals surface area contributed by atoms with Gasteiger partial charge in [0.1, 0.15) is 5.82 Å². The van der Waals surface area contributed by atoms with Gasteiger partial charge in [-0.25, -0.2) is 4.98 Å². The van der Waals surface area contributed by atoms with Crippen LogP contribution in [-0.4, -0.2) is 39.3 Å². The predicted octanol–water partition coefficient (Wildman–Crippen LogP) is 3.39. The molecule has 0 unspecified atom stereocenters. The minimum atomic E-state index is -0.246. The van der Waals surface area contributed by atoms with Crippen LogP contribution in [0.1, 0.15) is 49.1 Å². The topological polar surface area (TPSA) is 99.8 Å². The van der Waals surface area contributed by atoms with Crippen molar-refractivity contribution in [2.24, 2.45) is 5.92 Å². The van der Waals surface area contributed by atoms with Crippen molar-refractivity contribution in [3.63, 3.8) is 0 Å². The summed E-state index contributed by atoms with van der Waals surface area (Å²) in [6.45, 7) is 3.89. The molecule has 1 saturated carbocycles. The van der Waals surface area contributed by atoms with Crippen LogP contribution in [0.25, 0.3) is 0 Å². The number of nitrogens with zero attached hydrogens (tertiary/aromatic N) is 2. The molecular formula is C21H29N5O2S. The van der Waals surface area contributed by atoms with Crippen LogP contribution in [0.4, 0.5) is 5.69 Å². The molecule has 1 fully saturated rings. The largest absolute Gasteiger partial charge is 0.346 e. The number of benzene rings is 1. The van der Waals surface area contributed by atoms with Crippen molar-refractivity contribution >= 4 is 29.3 Å². The van der Waals surface area contributed by atoms with Gasteiger partial charge in [0, 0.05) is 12.1 Å². The maximum Gasteiger partial charge on any atom is 0.243 e. The SMILES string of the molecule is Cc1cccc(NC(=O)CNC(=O)CSc2n[nH]c(CCC3CCCC3)n2)c1C. The number of rotatable bonds is 9. The van der Waals surface area contributed by atoms with Crippen LogP contribution in [0.5, 0.6) is 0 Å². The van der Waals surface area contributed by atoms with Crippen LogP contribution in [0.3, 0.4) is 0 Å². The van der Waals surface area contributed by atoms with E-state index >= 15 is 0 Å². The van der Waals surface area contributed by atoms with Gasteiger partial charge in [-0.15, -0.1) is 5.10 Å². The zero-order valence-corrected chi connectivity index (χ0v) is 17.9. The molecular weight excluding hydrogens is 386 g/mol. The lowest BCUT2D eigenvalue weighted by molar-refractivity contribution is -0.122. The maximum atomic E-state index is 12.1. The smallest absolute Gasteiger partial charge is 0.243 e. The molecule has 0 radical (unpaired) electrons. The molecule has 0 aliphatic heterocycles. The van der Waals surface area contributed by atoms with Crippen molar-refractivity contribution in [3.05, 3.63) is 35.2 Å². The molecule has 3 N–H and O–H groups in total. The van der Waals surface area contributed by atoms with Crippen molar-refractivity contribution in [2.45, 2.75) is 57.5 Å². The number of aromatic nitrogens is 3. The molecule has 29 heavy (non-hydrogen) atoms. The third-order valence-corrected chi connectivity index (χ3v) is 6.28. The molecule has 2 amide bonds. The van der Waals surface area contributed by atoms with Crippen LogP contribution in [0, 0.1) is 19.8 Å². The van der Waals surface area contributed by atoms with E-state index in [1.54, 1.807) is 0 Å². The minimum Gasteiger partial charge on any atom is -0.346 e. The van der Waals surface area contributed by atoms with E-state index in [9.17, 15) is 9.59 Å². The zero-order chi connectivity index (χ0) is 20.6. The van der Waals surface area contributed by atoms with Gasteiger partial charge in [-0.2, -0.15) is 0 Å². The van der Waals surface area contributed by atoms with Crippen molar-refractivity contribution in [1.82, 2.24) is 20.5 Å². The molecule has 3 rings (SSSR count). The molecule has 7 nitrogen and oxygen atoms in total. The summed E-state index contributed by atoms with van der Waals surface area (Å²) in [7, 11) is 0. The number of hydrogen-bond acceptors (Lipinski definition) is 5. The first kappa shape index (κ1) is 21.4. The van der Waals surface area contributed by atoms with Crippen LogP contribution in [0.15, 0.2) is 23.4 Å². The fraction of sp³-hybridized carbons (Fsp3) is 0.524. The summed E-state index contributed by atoms with van der Waals surface area (Å²) < 4.78 is 0. The molecule has 8 heteroatoms. The number of H-pyrrole nitrogens is 1. The van der Waals surface area contributed by atoms with Crippen molar-refractivity contribution < 1.29 is 9.59 Å². The Morgan fingerprint density at radius 3 is 2.79 bits per heavy atom. The van der Waals surface area contributed by atoms with Gasteiger partial charge in [0.2, 0.25) is 17.0 Å². The standard InChI is InChI=1S/C21H29N5O2S/c1-14-6-5-9-17(15(14)2)23-19(27)12-22-20(28)13-29-21-24-18(25-26-21)11-10-16-7-3-4-8-16/h5-6,9,16H,3-4,7-8,10-13H2,1-2H3,(H,22,28)(H,23,27)(H,24,25,26). The van der Waals surface area contributed by atoms with Gasteiger partial charge in [0.15, 0.2) is 0 Å². The Labute approximate surface area is 175 Å². The lowest BCUT2D eigenvalue weighted by Gasteiger charge is -2.10. The second kappa shape index (κ2) is 10.4. The summed E-state index contributed by atoms with van der Waals surface area (Å²) in [6, 6.07) is 5.74. The lowest BCUT2D eigenvalue weighted by Crippen LogP contribution is -2.34. The highest BCUT2D eigenvalue weighted by Crippen LogP contribution is 2.28. The lowest BCUT2D eigenvalue weighted by atomic mass is 10.0. The molecule has 156 valence electrons. The highest BCUT2D eigenvalue weighted by atomic mass is 32.2. The fourth-order valence-corrected chi connectivity index (χ4v) is 4.18. The number of aryl methyl sites for hydroxylation is 2. The second-order valence-electron chi connectivity index (χ2n) is 7.61. The van der Waals surface area contributed by atoms with Gasteiger partial charge >= 0.3 is 0 Å². The van der Waals surface area contributed by atoms with E-state index in [2.05, 4.69) is 25.8 Å². The van der Waals surface area contributed by atoms with Crippen molar-refractivity contribution in [1.29, 1.82) is 0 Å². The second-order valence-corrected chi connectivity index (χ2v) is 8.56. The van der Waals surface area contributed by atoms with E-state index < -0.39 is 0 Å². The average molecular weight is 416 g/mol. The number of nitrogens with one attached hydrogen (secondary N) is 3. The molecule has 0 saturated heterocycles. The Morgan fingerprint density at radius 1 is 1.21 bits per heavy atom. The number of amides is 2. The Kier molecular flexibility index (Phi) is 7.69. The maximum absolute atomic E-state index is 12.1. The van der Waals surface area contributed by atoms with Crippen LogP contribution < -0.4 is 10.6 Å². The molecule has 1 aliphatic carbocycles. The van der Waals surface area contributed by atoms with Gasteiger partial charge in [-0.05, 0) is 43.4 Å². The number of anilines is 1. The Balaban J connectivity index is 1.35. The number of thioether (sulfide) groups is 1. The van der Waals surface area contributed by atoms with Gasteiger partial charge in [-0.3, -0.25) is 14.7 Å². The summed E-state index contributed by atoms with van der Waals surface area (Å²) in [5.41, 5.74) is 2.90. The normalized spacial score (nSPS) is 14.1. The first-order valence-corrected chi connectivity index (χ1v) is 11.2. The first-order valence-electron chi connectivity index (χ1n) is 10.2. The third kappa shape index (κ3) is 6.59. The molecule has 2 aromatic rings. The quantitative estimate of drug-likeness (QED) is 0.545. The van der Waals surface area contributed by atoms with Gasteiger partial charge in [0.25, 0.3) is 0 Å². The summed E-state index contributed by atoms with van der Waals surface area (Å²) in [5, 5.41) is 13.2. The van der Waals surface area contributed by atoms with E-state index in [1.807, 2.05) is 32.0 Å². The number of hydrogen-bond donors (Lipinski definition) is 3. The number of carbonyl (C=O) groups is 2. The predicted molar refractivity (Wildman–Crippen MR) is 115 cm³/mol. The van der Waals surface area contributed by atoms with Gasteiger partial charge < -0.3 is 10.6 Å². The average Bonchev–Trinajstić information content (AvgIpc) is 3.38. The van der Waals surface area contributed by atoms with E-state index in [0.29, 0.717) is 5.16 Å². The highest BCUT2D eigenvalue weighted by molar-refractivity contribution is 7.99. The fourth-order valence-electron chi connectivity index (χ4n) is 3.53. The zero-order valence-electron chi connectivity index (χ0n) is 17.1. The summed E-state index contributed by atoms with van der Waals surface area (Å²) in [6.07, 6.45) is 7.40. The summed E-state index contributed by atoms with van der Waals surface area (Å²) in [5.74, 6) is 1.41. The molecule has 0 bridgehead atoms. The molecule has 0 atom stereocenters. The summed E-state index contributed by atoms with van der Waals surface area (Å²) in [4.78, 5) is 28.5. The van der Waals surface area contributed by atoms with Crippen LogP contribution in [-0.2, 0) is 16.0 Å². The van der Waals surface area contributed by atoms with E-state index in [0.717, 1.165) is 41.4 Å². The van der Waals surface area contributed by atoms with Crippen LogP contribution >= 0.6 is 11.8 Å². The third-order valence-electron chi connectivity index (χ3n) is 5.43. The summed E-state index contributed by atoms with van der Waals surface area (Å²) >= 11 is 1.27. The molecule has 1 heterocycles. The van der Waals surface area contributed by atoms with Crippen LogP contribution in [0.2, 0.25) is 0 Å². The Hall–Kier alpha value is -2.35. The van der Waals surface area contributed by atoms with Crippen molar-refractivity contribution in [2.75, 3.05) is 17.6 Å². The van der Waals surface area contributed by atoms with E-state index in [4.69, 9.17) is 0 Å². The van der Waals surface area contributed by atoms with Crippen molar-refractivity contribution in [3.8, 4) is 0 Å². The monoisotopic (exact) mass is 415 g/mol. The molecule has 1 aliphatic rings. The van der Waals surface area contributed by atoms with Gasteiger partial charge in [0.05, 0.1) is 12.3 Å². The minimum absolute atomic E-state index is 0.0621. The first-order chi connectivity index (χ1) is 14.0. The number of carbonyl (C=O) groups excluding carboxylic acids is 2.